The number of alkyl halides is 3. The molecule has 1 aromatic rings. The molecule has 7 heteroatoms. The van der Waals surface area contributed by atoms with Gasteiger partial charge in [0.15, 0.2) is 0 Å². The SMILES string of the molecule is ON1C(c2ccccc2C(F)(F)F)N(O)[C@H]2CCCC[C@@H]21. The molecule has 2 aliphatic rings. The molecule has 0 radical (unpaired) electrons. The van der Waals surface area contributed by atoms with Crippen molar-refractivity contribution in [1.82, 2.24) is 10.1 Å². The minimum atomic E-state index is -4.52. The third-order valence-corrected chi connectivity index (χ3v) is 4.42. The van der Waals surface area contributed by atoms with E-state index in [-0.39, 0.29) is 17.6 Å². The molecule has 0 amide bonds. The van der Waals surface area contributed by atoms with E-state index in [0.29, 0.717) is 12.8 Å². The highest BCUT2D eigenvalue weighted by atomic mass is 19.4. The Morgan fingerprint density at radius 2 is 1.48 bits per heavy atom. The molecule has 1 heterocycles. The molecular formula is C14H17F3N2O2. The zero-order chi connectivity index (χ0) is 15.2. The summed E-state index contributed by atoms with van der Waals surface area (Å²) in [5.74, 6) is 0. The minimum absolute atomic E-state index is 0.121. The van der Waals surface area contributed by atoms with Gasteiger partial charge >= 0.3 is 6.18 Å². The van der Waals surface area contributed by atoms with Crippen LogP contribution < -0.4 is 0 Å². The third-order valence-electron chi connectivity index (χ3n) is 4.42. The number of nitrogens with zero attached hydrogens (tertiary/aromatic N) is 2. The number of benzene rings is 1. The van der Waals surface area contributed by atoms with Crippen LogP contribution in [0, 0.1) is 0 Å². The zero-order valence-corrected chi connectivity index (χ0v) is 11.3. The molecule has 1 aliphatic heterocycles. The summed E-state index contributed by atoms with van der Waals surface area (Å²) in [6.45, 7) is 0. The lowest BCUT2D eigenvalue weighted by molar-refractivity contribution is -0.213. The predicted octanol–water partition coefficient (Wildman–Crippen LogP) is 3.41. The highest BCUT2D eigenvalue weighted by molar-refractivity contribution is 5.32. The number of rotatable bonds is 1. The average Bonchev–Trinajstić information content (AvgIpc) is 2.71. The van der Waals surface area contributed by atoms with Gasteiger partial charge in [0.2, 0.25) is 0 Å². The first-order valence-electron chi connectivity index (χ1n) is 7.02. The van der Waals surface area contributed by atoms with Crippen LogP contribution in [-0.4, -0.2) is 32.6 Å². The standard InChI is InChI=1S/C14H17F3N2O2/c15-14(16,17)10-6-2-1-5-9(10)13-18(20)11-7-3-4-8-12(11)19(13)21/h1-2,5-6,11-13,20-21H,3-4,7-8H2/t11-,12-/m0/s1. The lowest BCUT2D eigenvalue weighted by Crippen LogP contribution is -2.37. The highest BCUT2D eigenvalue weighted by Crippen LogP contribution is 2.44. The molecule has 0 aromatic heterocycles. The second-order valence-corrected chi connectivity index (χ2v) is 5.64. The smallest absolute Gasteiger partial charge is 0.312 e. The molecule has 0 spiro atoms. The van der Waals surface area contributed by atoms with Crippen LogP contribution in [-0.2, 0) is 6.18 Å². The van der Waals surface area contributed by atoms with E-state index in [1.54, 1.807) is 0 Å². The molecule has 0 unspecified atom stereocenters. The molecule has 4 nitrogen and oxygen atoms in total. The van der Waals surface area contributed by atoms with Crippen LogP contribution in [0.5, 0.6) is 0 Å². The second-order valence-electron chi connectivity index (χ2n) is 5.64. The Balaban J connectivity index is 2.01. The van der Waals surface area contributed by atoms with Crippen LogP contribution in [0.1, 0.15) is 43.0 Å². The van der Waals surface area contributed by atoms with Crippen LogP contribution in [0.25, 0.3) is 0 Å². The first-order valence-corrected chi connectivity index (χ1v) is 7.02. The Hall–Kier alpha value is -1.15. The van der Waals surface area contributed by atoms with Crippen LogP contribution in [0.15, 0.2) is 24.3 Å². The van der Waals surface area contributed by atoms with E-state index < -0.39 is 17.9 Å². The first kappa shape index (κ1) is 14.8. The summed E-state index contributed by atoms with van der Waals surface area (Å²) in [4.78, 5) is 0. The normalized spacial score (nSPS) is 28.8. The Bertz CT molecular complexity index is 505. The summed E-state index contributed by atoms with van der Waals surface area (Å²) in [6, 6.07) is 4.41. The summed E-state index contributed by atoms with van der Waals surface area (Å²) in [5.41, 5.74) is -0.948. The molecule has 0 bridgehead atoms. The van der Waals surface area contributed by atoms with Gasteiger partial charge in [0, 0.05) is 5.56 Å². The van der Waals surface area contributed by atoms with Crippen LogP contribution in [0.4, 0.5) is 13.2 Å². The van der Waals surface area contributed by atoms with E-state index in [1.165, 1.54) is 18.2 Å². The van der Waals surface area contributed by atoms with Crippen LogP contribution in [0.3, 0.4) is 0 Å². The van der Waals surface area contributed by atoms with E-state index in [2.05, 4.69) is 0 Å². The minimum Gasteiger partial charge on any atom is -0.312 e. The molecule has 116 valence electrons. The fourth-order valence-electron chi connectivity index (χ4n) is 3.46. The van der Waals surface area contributed by atoms with E-state index in [4.69, 9.17) is 0 Å². The quantitative estimate of drug-likeness (QED) is 0.834. The Morgan fingerprint density at radius 1 is 0.952 bits per heavy atom. The van der Waals surface area contributed by atoms with E-state index in [1.807, 2.05) is 0 Å². The van der Waals surface area contributed by atoms with Crippen LogP contribution >= 0.6 is 0 Å². The highest BCUT2D eigenvalue weighted by Gasteiger charge is 2.50. The number of hydroxylamine groups is 4. The summed E-state index contributed by atoms with van der Waals surface area (Å²) in [6.07, 6.45) is -2.55. The van der Waals surface area contributed by atoms with E-state index >= 15 is 0 Å². The van der Waals surface area contributed by atoms with Crippen molar-refractivity contribution in [1.29, 1.82) is 0 Å². The van der Waals surface area contributed by atoms with Crippen molar-refractivity contribution >= 4 is 0 Å². The van der Waals surface area contributed by atoms with Gasteiger partial charge in [-0.15, -0.1) is 0 Å². The fourth-order valence-corrected chi connectivity index (χ4v) is 3.46. The topological polar surface area (TPSA) is 46.9 Å². The molecule has 1 aliphatic carbocycles. The summed E-state index contributed by atoms with van der Waals surface area (Å²) < 4.78 is 39.4. The number of halogens is 3. The Morgan fingerprint density at radius 3 is 2.00 bits per heavy atom. The molecule has 1 saturated heterocycles. The molecule has 1 aromatic carbocycles. The lowest BCUT2D eigenvalue weighted by atomic mass is 9.91. The summed E-state index contributed by atoms with van der Waals surface area (Å²) in [7, 11) is 0. The number of hydrogen-bond acceptors (Lipinski definition) is 4. The monoisotopic (exact) mass is 302 g/mol. The van der Waals surface area contributed by atoms with Crippen molar-refractivity contribution < 1.29 is 23.6 Å². The lowest BCUT2D eigenvalue weighted by Gasteiger charge is -2.27. The van der Waals surface area contributed by atoms with Crippen molar-refractivity contribution in [2.75, 3.05) is 0 Å². The maximum absolute atomic E-state index is 13.1. The van der Waals surface area contributed by atoms with Gasteiger partial charge in [0.1, 0.15) is 6.17 Å². The molecule has 2 atom stereocenters. The van der Waals surface area contributed by atoms with Gasteiger partial charge in [-0.3, -0.25) is 0 Å². The number of fused-ring (bicyclic) bond motifs is 1. The predicted molar refractivity (Wildman–Crippen MR) is 67.5 cm³/mol. The molecule has 3 rings (SSSR count). The Labute approximate surface area is 120 Å². The zero-order valence-electron chi connectivity index (χ0n) is 11.3. The van der Waals surface area contributed by atoms with Crippen molar-refractivity contribution in [2.45, 2.75) is 50.1 Å². The summed E-state index contributed by atoms with van der Waals surface area (Å²) in [5, 5.41) is 22.3. The van der Waals surface area contributed by atoms with Gasteiger partial charge in [-0.05, 0) is 18.9 Å². The third kappa shape index (κ3) is 2.44. The first-order chi connectivity index (χ1) is 9.91. The van der Waals surface area contributed by atoms with Crippen molar-refractivity contribution in [3.63, 3.8) is 0 Å². The van der Waals surface area contributed by atoms with Crippen molar-refractivity contribution in [3.05, 3.63) is 35.4 Å². The van der Waals surface area contributed by atoms with Gasteiger partial charge in [0.05, 0.1) is 17.6 Å². The van der Waals surface area contributed by atoms with Crippen molar-refractivity contribution in [3.8, 4) is 0 Å². The molecule has 2 fully saturated rings. The molecule has 2 N–H and O–H groups in total. The maximum Gasteiger partial charge on any atom is 0.416 e. The fraction of sp³-hybridized carbons (Fsp3) is 0.571. The molecular weight excluding hydrogens is 285 g/mol. The van der Waals surface area contributed by atoms with Gasteiger partial charge in [-0.25, -0.2) is 0 Å². The van der Waals surface area contributed by atoms with Crippen molar-refractivity contribution in [2.24, 2.45) is 0 Å². The van der Waals surface area contributed by atoms with Crippen LogP contribution in [0.2, 0.25) is 0 Å². The van der Waals surface area contributed by atoms with E-state index in [9.17, 15) is 23.6 Å². The van der Waals surface area contributed by atoms with Gasteiger partial charge in [0.25, 0.3) is 0 Å². The maximum atomic E-state index is 13.1. The average molecular weight is 302 g/mol. The van der Waals surface area contributed by atoms with Gasteiger partial charge in [-0.1, -0.05) is 31.0 Å². The molecule has 21 heavy (non-hydrogen) atoms. The van der Waals surface area contributed by atoms with E-state index in [0.717, 1.165) is 29.0 Å². The molecule has 1 saturated carbocycles. The largest absolute Gasteiger partial charge is 0.416 e. The number of hydrogen-bond donors (Lipinski definition) is 2. The van der Waals surface area contributed by atoms with Gasteiger partial charge in [-0.2, -0.15) is 23.3 Å². The second kappa shape index (κ2) is 5.24. The Kier molecular flexibility index (Phi) is 3.69. The van der Waals surface area contributed by atoms with Gasteiger partial charge < -0.3 is 10.4 Å². The summed E-state index contributed by atoms with van der Waals surface area (Å²) >= 11 is 0.